The Morgan fingerprint density at radius 2 is 1.85 bits per heavy atom. The number of hydrogen-bond donors (Lipinski definition) is 2. The van der Waals surface area contributed by atoms with Crippen LogP contribution in [0.15, 0.2) is 47.1 Å². The Hall–Kier alpha value is -3.29. The minimum Gasteiger partial charge on any atom is -0.497 e. The number of hydrogen-bond acceptors (Lipinski definition) is 6. The van der Waals surface area contributed by atoms with E-state index in [1.807, 2.05) is 12.1 Å². The van der Waals surface area contributed by atoms with Crippen LogP contribution in [0, 0.1) is 0 Å². The summed E-state index contributed by atoms with van der Waals surface area (Å²) in [5.74, 6) is -0.894. The van der Waals surface area contributed by atoms with Crippen LogP contribution in [0.2, 0.25) is 0 Å². The zero-order chi connectivity index (χ0) is 18.9. The van der Waals surface area contributed by atoms with Crippen LogP contribution in [0.3, 0.4) is 0 Å². The van der Waals surface area contributed by atoms with Crippen molar-refractivity contribution in [2.75, 3.05) is 13.7 Å². The van der Waals surface area contributed by atoms with Gasteiger partial charge >= 0.3 is 5.97 Å². The number of amides is 2. The van der Waals surface area contributed by atoms with Crippen LogP contribution in [0.5, 0.6) is 5.75 Å². The van der Waals surface area contributed by atoms with Gasteiger partial charge in [-0.15, -0.1) is 0 Å². The lowest BCUT2D eigenvalue weighted by molar-refractivity contribution is -0.153. The van der Waals surface area contributed by atoms with E-state index in [9.17, 15) is 14.4 Å². The van der Waals surface area contributed by atoms with Crippen molar-refractivity contribution < 1.29 is 28.3 Å². The highest BCUT2D eigenvalue weighted by Gasteiger charge is 2.18. The van der Waals surface area contributed by atoms with Crippen LogP contribution >= 0.6 is 0 Å². The van der Waals surface area contributed by atoms with Crippen LogP contribution in [-0.2, 0) is 20.9 Å². The minimum absolute atomic E-state index is 0.0862. The van der Waals surface area contributed by atoms with Crippen molar-refractivity contribution in [2.45, 2.75) is 19.6 Å². The molecule has 0 fully saturated rings. The fraction of sp³-hybridized carbons (Fsp3) is 0.278. The number of carbonyl (C=O) groups is 3. The number of rotatable bonds is 8. The SMILES string of the molecule is COc1ccc(CNC(=O)[C@@H](C)OC(=O)CNC(=O)c2ccco2)cc1. The first-order chi connectivity index (χ1) is 12.5. The number of carbonyl (C=O) groups excluding carboxylic acids is 3. The van der Waals surface area contributed by atoms with Gasteiger partial charge in [-0.3, -0.25) is 14.4 Å². The highest BCUT2D eigenvalue weighted by atomic mass is 16.5. The molecule has 0 aliphatic heterocycles. The minimum atomic E-state index is -0.985. The Kier molecular flexibility index (Phi) is 6.78. The summed E-state index contributed by atoms with van der Waals surface area (Å²) in [6.45, 7) is 1.38. The van der Waals surface area contributed by atoms with E-state index in [1.54, 1.807) is 25.3 Å². The second-order valence-electron chi connectivity index (χ2n) is 5.36. The second kappa shape index (κ2) is 9.26. The van der Waals surface area contributed by atoms with Crippen molar-refractivity contribution in [3.63, 3.8) is 0 Å². The summed E-state index contributed by atoms with van der Waals surface area (Å²) in [5.41, 5.74) is 0.878. The predicted octanol–water partition coefficient (Wildman–Crippen LogP) is 1.27. The third-order valence-electron chi connectivity index (χ3n) is 3.44. The van der Waals surface area contributed by atoms with E-state index in [-0.39, 0.29) is 12.3 Å². The average molecular weight is 360 g/mol. The maximum absolute atomic E-state index is 12.0. The van der Waals surface area contributed by atoms with E-state index in [0.717, 1.165) is 11.3 Å². The molecule has 0 aliphatic rings. The summed E-state index contributed by atoms with van der Waals surface area (Å²) in [4.78, 5) is 35.3. The van der Waals surface area contributed by atoms with E-state index in [0.29, 0.717) is 6.54 Å². The molecule has 0 spiro atoms. The molecule has 0 saturated heterocycles. The van der Waals surface area contributed by atoms with Gasteiger partial charge in [0.15, 0.2) is 11.9 Å². The van der Waals surface area contributed by atoms with Crippen LogP contribution < -0.4 is 15.4 Å². The zero-order valence-electron chi connectivity index (χ0n) is 14.5. The summed E-state index contributed by atoms with van der Waals surface area (Å²) < 4.78 is 14.9. The molecule has 0 unspecified atom stereocenters. The molecule has 8 heteroatoms. The monoisotopic (exact) mass is 360 g/mol. The molecule has 0 bridgehead atoms. The van der Waals surface area contributed by atoms with Gasteiger partial charge in [-0.2, -0.15) is 0 Å². The summed E-state index contributed by atoms with van der Waals surface area (Å²) in [6, 6.07) is 10.2. The highest BCUT2D eigenvalue weighted by Crippen LogP contribution is 2.11. The molecule has 2 N–H and O–H groups in total. The number of methoxy groups -OCH3 is 1. The van der Waals surface area contributed by atoms with Crippen molar-refractivity contribution in [1.29, 1.82) is 0 Å². The molecule has 1 aromatic heterocycles. The van der Waals surface area contributed by atoms with Gasteiger partial charge in [0.05, 0.1) is 13.4 Å². The maximum atomic E-state index is 12.0. The quantitative estimate of drug-likeness (QED) is 0.687. The third-order valence-corrected chi connectivity index (χ3v) is 3.44. The largest absolute Gasteiger partial charge is 0.497 e. The van der Waals surface area contributed by atoms with Gasteiger partial charge in [0.2, 0.25) is 0 Å². The summed E-state index contributed by atoms with van der Waals surface area (Å²) in [5, 5.41) is 5.02. The van der Waals surface area contributed by atoms with E-state index >= 15 is 0 Å². The molecule has 2 rings (SSSR count). The molecule has 26 heavy (non-hydrogen) atoms. The van der Waals surface area contributed by atoms with E-state index in [2.05, 4.69) is 10.6 Å². The Balaban J connectivity index is 1.71. The van der Waals surface area contributed by atoms with E-state index in [1.165, 1.54) is 19.3 Å². The standard InChI is InChI=1S/C18H20N2O6/c1-12(17(22)19-10-13-5-7-14(24-2)8-6-13)26-16(21)11-20-18(23)15-4-3-9-25-15/h3-9,12H,10-11H2,1-2H3,(H,19,22)(H,20,23)/t12-/m1/s1. The fourth-order valence-electron chi connectivity index (χ4n) is 2.02. The van der Waals surface area contributed by atoms with Crippen LogP contribution in [0.4, 0.5) is 0 Å². The second-order valence-corrected chi connectivity index (χ2v) is 5.36. The Bertz CT molecular complexity index is 740. The van der Waals surface area contributed by atoms with E-state index < -0.39 is 23.9 Å². The van der Waals surface area contributed by atoms with Gasteiger partial charge in [0, 0.05) is 6.54 Å². The molecule has 0 saturated carbocycles. The average Bonchev–Trinajstić information content (AvgIpc) is 3.19. The lowest BCUT2D eigenvalue weighted by Gasteiger charge is -2.14. The number of furan rings is 1. The molecular formula is C18H20N2O6. The van der Waals surface area contributed by atoms with Gasteiger partial charge in [-0.25, -0.2) is 0 Å². The Morgan fingerprint density at radius 3 is 2.46 bits per heavy atom. The number of nitrogens with one attached hydrogen (secondary N) is 2. The summed E-state index contributed by atoms with van der Waals surface area (Å²) in [6.07, 6.45) is 0.365. The summed E-state index contributed by atoms with van der Waals surface area (Å²) in [7, 11) is 1.57. The number of ether oxygens (including phenoxy) is 2. The third kappa shape index (κ3) is 5.66. The van der Waals surface area contributed by atoms with Crippen molar-refractivity contribution in [1.82, 2.24) is 10.6 Å². The molecule has 8 nitrogen and oxygen atoms in total. The molecule has 138 valence electrons. The van der Waals surface area contributed by atoms with Crippen LogP contribution in [0.25, 0.3) is 0 Å². The normalized spacial score (nSPS) is 11.3. The van der Waals surface area contributed by atoms with Crippen LogP contribution in [0.1, 0.15) is 23.0 Å². The fourth-order valence-corrected chi connectivity index (χ4v) is 2.02. The molecule has 1 atom stereocenters. The molecule has 1 heterocycles. The predicted molar refractivity (Wildman–Crippen MR) is 91.4 cm³/mol. The molecule has 1 aromatic carbocycles. The number of esters is 1. The maximum Gasteiger partial charge on any atom is 0.326 e. The van der Waals surface area contributed by atoms with Gasteiger partial charge < -0.3 is 24.5 Å². The lowest BCUT2D eigenvalue weighted by atomic mass is 10.2. The lowest BCUT2D eigenvalue weighted by Crippen LogP contribution is -2.38. The first-order valence-electron chi connectivity index (χ1n) is 7.91. The smallest absolute Gasteiger partial charge is 0.326 e. The van der Waals surface area contributed by atoms with Crippen molar-refractivity contribution in [3.8, 4) is 5.75 Å². The van der Waals surface area contributed by atoms with Crippen molar-refractivity contribution in [2.24, 2.45) is 0 Å². The Morgan fingerprint density at radius 1 is 1.12 bits per heavy atom. The molecule has 0 aliphatic carbocycles. The molecule has 0 radical (unpaired) electrons. The van der Waals surface area contributed by atoms with Gasteiger partial charge in [0.1, 0.15) is 12.3 Å². The van der Waals surface area contributed by atoms with Gasteiger partial charge in [0.25, 0.3) is 11.8 Å². The topological polar surface area (TPSA) is 107 Å². The molecule has 2 aromatic rings. The van der Waals surface area contributed by atoms with Crippen LogP contribution in [-0.4, -0.2) is 37.5 Å². The first kappa shape index (κ1) is 19.0. The van der Waals surface area contributed by atoms with Crippen molar-refractivity contribution >= 4 is 17.8 Å². The highest BCUT2D eigenvalue weighted by molar-refractivity contribution is 5.93. The first-order valence-corrected chi connectivity index (χ1v) is 7.91. The van der Waals surface area contributed by atoms with Gasteiger partial charge in [-0.1, -0.05) is 12.1 Å². The zero-order valence-corrected chi connectivity index (χ0v) is 14.5. The summed E-state index contributed by atoms with van der Waals surface area (Å²) >= 11 is 0. The Labute approximate surface area is 150 Å². The molecular weight excluding hydrogens is 340 g/mol. The van der Waals surface area contributed by atoms with Crippen molar-refractivity contribution in [3.05, 3.63) is 54.0 Å². The van der Waals surface area contributed by atoms with Gasteiger partial charge in [-0.05, 0) is 36.8 Å². The molecule has 2 amide bonds. The number of benzene rings is 1. The van der Waals surface area contributed by atoms with E-state index in [4.69, 9.17) is 13.9 Å².